The molecule has 0 radical (unpaired) electrons. The number of benzene rings is 1. The summed E-state index contributed by atoms with van der Waals surface area (Å²) >= 11 is 0. The summed E-state index contributed by atoms with van der Waals surface area (Å²) in [5, 5.41) is 0.980. The van der Waals surface area contributed by atoms with Crippen molar-refractivity contribution in [3.63, 3.8) is 0 Å². The van der Waals surface area contributed by atoms with E-state index in [-0.39, 0.29) is 0 Å². The van der Waals surface area contributed by atoms with Gasteiger partial charge in [0.1, 0.15) is 0 Å². The molecule has 1 heterocycles. The second-order valence-corrected chi connectivity index (χ2v) is 4.24. The van der Waals surface area contributed by atoms with Gasteiger partial charge >= 0.3 is 5.97 Å². The van der Waals surface area contributed by atoms with Crippen LogP contribution in [0.5, 0.6) is 0 Å². The van der Waals surface area contributed by atoms with Crippen molar-refractivity contribution in [1.29, 1.82) is 0 Å². The maximum absolute atomic E-state index is 11.5. The van der Waals surface area contributed by atoms with Gasteiger partial charge in [0.25, 0.3) is 5.91 Å². The number of esters is 1. The Morgan fingerprint density at radius 1 is 1.30 bits per heavy atom. The number of ether oxygens (including phenoxy) is 1. The average Bonchev–Trinajstić information content (AvgIpc) is 2.44. The van der Waals surface area contributed by atoms with Crippen LogP contribution in [-0.4, -0.2) is 23.0 Å². The molecule has 5 nitrogen and oxygen atoms in total. The van der Waals surface area contributed by atoms with E-state index in [1.165, 1.54) is 13.0 Å². The van der Waals surface area contributed by atoms with Crippen LogP contribution >= 0.6 is 0 Å². The number of amides is 1. The highest BCUT2D eigenvalue weighted by Gasteiger charge is 2.12. The van der Waals surface area contributed by atoms with E-state index < -0.39 is 18.0 Å². The highest BCUT2D eigenvalue weighted by atomic mass is 16.5. The molecule has 5 heteroatoms. The molecule has 0 aliphatic rings. The number of primary amides is 1. The zero-order chi connectivity index (χ0) is 14.5. The van der Waals surface area contributed by atoms with Crippen LogP contribution in [0, 0.1) is 0 Å². The lowest BCUT2D eigenvalue weighted by atomic mass is 10.1. The molecule has 0 aliphatic carbocycles. The van der Waals surface area contributed by atoms with Gasteiger partial charge in [0, 0.05) is 23.2 Å². The summed E-state index contributed by atoms with van der Waals surface area (Å²) < 4.78 is 4.82. The van der Waals surface area contributed by atoms with E-state index in [9.17, 15) is 9.59 Å². The molecule has 0 spiro atoms. The van der Waals surface area contributed by atoms with Crippen molar-refractivity contribution in [2.24, 2.45) is 5.73 Å². The fraction of sp³-hybridized carbons (Fsp3) is 0.133. The van der Waals surface area contributed by atoms with E-state index in [1.807, 2.05) is 30.3 Å². The Morgan fingerprint density at radius 2 is 2.05 bits per heavy atom. The summed E-state index contributed by atoms with van der Waals surface area (Å²) in [7, 11) is 0. The van der Waals surface area contributed by atoms with Gasteiger partial charge in [-0.25, -0.2) is 4.79 Å². The van der Waals surface area contributed by atoms with Crippen LogP contribution < -0.4 is 5.73 Å². The van der Waals surface area contributed by atoms with Crippen LogP contribution in [-0.2, 0) is 14.3 Å². The van der Waals surface area contributed by atoms with Crippen molar-refractivity contribution in [2.75, 3.05) is 0 Å². The number of carbonyl (C=O) groups is 2. The largest absolute Gasteiger partial charge is 0.449 e. The van der Waals surface area contributed by atoms with Gasteiger partial charge in [-0.1, -0.05) is 24.3 Å². The fourth-order valence-electron chi connectivity index (χ4n) is 1.69. The zero-order valence-corrected chi connectivity index (χ0v) is 10.9. The Kier molecular flexibility index (Phi) is 4.10. The summed E-state index contributed by atoms with van der Waals surface area (Å²) in [6.07, 6.45) is 3.60. The average molecular weight is 270 g/mol. The molecule has 0 saturated heterocycles. The Balaban J connectivity index is 2.18. The topological polar surface area (TPSA) is 82.3 Å². The van der Waals surface area contributed by atoms with Gasteiger partial charge in [-0.3, -0.25) is 9.78 Å². The fourth-order valence-corrected chi connectivity index (χ4v) is 1.69. The Morgan fingerprint density at radius 3 is 2.80 bits per heavy atom. The van der Waals surface area contributed by atoms with Crippen molar-refractivity contribution < 1.29 is 14.3 Å². The number of rotatable bonds is 4. The third-order valence-corrected chi connectivity index (χ3v) is 2.76. The van der Waals surface area contributed by atoms with Crippen molar-refractivity contribution in [2.45, 2.75) is 13.0 Å². The normalized spacial score (nSPS) is 12.4. The van der Waals surface area contributed by atoms with Crippen molar-refractivity contribution in [3.05, 3.63) is 48.2 Å². The SMILES string of the molecule is C[C@H](OC(=O)/C=C/c1cccc2cccnc12)C(N)=O. The third-order valence-electron chi connectivity index (χ3n) is 2.76. The van der Waals surface area contributed by atoms with E-state index in [1.54, 1.807) is 12.3 Å². The van der Waals surface area contributed by atoms with Crippen LogP contribution in [0.2, 0.25) is 0 Å². The molecule has 2 rings (SSSR count). The predicted molar refractivity (Wildman–Crippen MR) is 75.5 cm³/mol. The zero-order valence-electron chi connectivity index (χ0n) is 10.9. The van der Waals surface area contributed by atoms with Crippen molar-refractivity contribution in [1.82, 2.24) is 4.98 Å². The van der Waals surface area contributed by atoms with Gasteiger partial charge in [0.15, 0.2) is 6.10 Å². The molecule has 1 aromatic carbocycles. The minimum atomic E-state index is -0.946. The molecular weight excluding hydrogens is 256 g/mol. The van der Waals surface area contributed by atoms with Gasteiger partial charge in [-0.05, 0) is 19.1 Å². The van der Waals surface area contributed by atoms with Gasteiger partial charge in [0.2, 0.25) is 0 Å². The molecule has 0 bridgehead atoms. The number of hydrogen-bond donors (Lipinski definition) is 1. The molecular formula is C15H14N2O3. The van der Waals surface area contributed by atoms with Gasteiger partial charge in [-0.15, -0.1) is 0 Å². The Labute approximate surface area is 116 Å². The number of carbonyl (C=O) groups excluding carboxylic acids is 2. The molecule has 2 N–H and O–H groups in total. The van der Waals surface area contributed by atoms with E-state index in [4.69, 9.17) is 10.5 Å². The lowest BCUT2D eigenvalue weighted by Crippen LogP contribution is -2.29. The van der Waals surface area contributed by atoms with Gasteiger partial charge in [-0.2, -0.15) is 0 Å². The molecule has 20 heavy (non-hydrogen) atoms. The summed E-state index contributed by atoms with van der Waals surface area (Å²) in [6, 6.07) is 9.44. The highest BCUT2D eigenvalue weighted by molar-refractivity contribution is 5.93. The minimum Gasteiger partial charge on any atom is -0.449 e. The van der Waals surface area contributed by atoms with Crippen LogP contribution in [0.25, 0.3) is 17.0 Å². The molecule has 0 unspecified atom stereocenters. The first-order valence-corrected chi connectivity index (χ1v) is 6.09. The molecule has 2 aromatic rings. The van der Waals surface area contributed by atoms with Gasteiger partial charge in [0.05, 0.1) is 5.52 Å². The molecule has 0 aliphatic heterocycles. The second-order valence-electron chi connectivity index (χ2n) is 4.24. The van der Waals surface area contributed by atoms with E-state index in [0.29, 0.717) is 0 Å². The predicted octanol–water partition coefficient (Wildman–Crippen LogP) is 1.66. The molecule has 0 saturated carbocycles. The van der Waals surface area contributed by atoms with E-state index >= 15 is 0 Å². The quantitative estimate of drug-likeness (QED) is 0.676. The molecule has 0 fully saturated rings. The van der Waals surface area contributed by atoms with Crippen LogP contribution in [0.1, 0.15) is 12.5 Å². The summed E-state index contributed by atoms with van der Waals surface area (Å²) in [4.78, 5) is 26.6. The number of aromatic nitrogens is 1. The summed E-state index contributed by atoms with van der Waals surface area (Å²) in [6.45, 7) is 1.42. The van der Waals surface area contributed by atoms with Gasteiger partial charge < -0.3 is 10.5 Å². The summed E-state index contributed by atoms with van der Waals surface area (Å²) in [5.41, 5.74) is 6.61. The van der Waals surface area contributed by atoms with E-state index in [0.717, 1.165) is 16.5 Å². The maximum Gasteiger partial charge on any atom is 0.331 e. The number of nitrogens with two attached hydrogens (primary N) is 1. The Bertz CT molecular complexity index is 674. The first-order valence-electron chi connectivity index (χ1n) is 6.09. The molecule has 102 valence electrons. The van der Waals surface area contributed by atoms with Crippen LogP contribution in [0.15, 0.2) is 42.6 Å². The first-order chi connectivity index (χ1) is 9.58. The standard InChI is InChI=1S/C15H14N2O3/c1-10(15(16)19)20-13(18)8-7-12-5-2-4-11-6-3-9-17-14(11)12/h2-10H,1H3,(H2,16,19)/b8-7+/t10-/m0/s1. The molecule has 1 aromatic heterocycles. The van der Waals surface area contributed by atoms with Crippen molar-refractivity contribution >= 4 is 28.9 Å². The number of nitrogens with zero attached hydrogens (tertiary/aromatic N) is 1. The number of pyridine rings is 1. The number of fused-ring (bicyclic) bond motifs is 1. The smallest absolute Gasteiger partial charge is 0.331 e. The summed E-state index contributed by atoms with van der Waals surface area (Å²) in [5.74, 6) is -1.30. The number of para-hydroxylation sites is 1. The lowest BCUT2D eigenvalue weighted by Gasteiger charge is -2.06. The van der Waals surface area contributed by atoms with Crippen LogP contribution in [0.4, 0.5) is 0 Å². The maximum atomic E-state index is 11.5. The third kappa shape index (κ3) is 3.20. The number of hydrogen-bond acceptors (Lipinski definition) is 4. The highest BCUT2D eigenvalue weighted by Crippen LogP contribution is 2.17. The lowest BCUT2D eigenvalue weighted by molar-refractivity contribution is -0.148. The molecule has 1 amide bonds. The second kappa shape index (κ2) is 5.97. The van der Waals surface area contributed by atoms with Crippen LogP contribution in [0.3, 0.4) is 0 Å². The van der Waals surface area contributed by atoms with Crippen molar-refractivity contribution in [3.8, 4) is 0 Å². The Hall–Kier alpha value is -2.69. The van der Waals surface area contributed by atoms with E-state index in [2.05, 4.69) is 4.98 Å². The molecule has 1 atom stereocenters. The minimum absolute atomic E-state index is 0.621. The monoisotopic (exact) mass is 270 g/mol. The first kappa shape index (κ1) is 13.7.